The number of nitrogens with zero attached hydrogens (tertiary/aromatic N) is 2. The lowest BCUT2D eigenvalue weighted by molar-refractivity contribution is -0.225. The van der Waals surface area contributed by atoms with E-state index in [2.05, 4.69) is 23.2 Å². The quantitative estimate of drug-likeness (QED) is 0.215. The molecule has 11 atom stereocenters. The fraction of sp³-hybridized carbons (Fsp3) is 0.649. The van der Waals surface area contributed by atoms with Gasteiger partial charge >= 0.3 is 17.9 Å². The Morgan fingerprint density at radius 1 is 1.16 bits per heavy atom. The van der Waals surface area contributed by atoms with Crippen molar-refractivity contribution in [2.45, 2.75) is 102 Å². The molecule has 274 valence electrons. The van der Waals surface area contributed by atoms with Gasteiger partial charge in [0.2, 0.25) is 0 Å². The molecule has 13 heteroatoms. The Balaban J connectivity index is 1.28. The van der Waals surface area contributed by atoms with Crippen LogP contribution in [0.5, 0.6) is 0 Å². The van der Waals surface area contributed by atoms with Gasteiger partial charge in [0.05, 0.1) is 17.8 Å². The molecule has 1 aromatic carbocycles. The van der Waals surface area contributed by atoms with Gasteiger partial charge in [-0.1, -0.05) is 55.3 Å². The van der Waals surface area contributed by atoms with Gasteiger partial charge in [0.15, 0.2) is 18.4 Å². The van der Waals surface area contributed by atoms with Crippen LogP contribution in [0, 0.1) is 23.7 Å². The van der Waals surface area contributed by atoms with Gasteiger partial charge in [-0.3, -0.25) is 34.5 Å². The van der Waals surface area contributed by atoms with Gasteiger partial charge < -0.3 is 24.4 Å². The average molecular weight is 716 g/mol. The van der Waals surface area contributed by atoms with Gasteiger partial charge in [-0.15, -0.1) is 0 Å². The Labute approximate surface area is 298 Å². The minimum absolute atomic E-state index is 0.0331. The van der Waals surface area contributed by atoms with Crippen LogP contribution in [0.2, 0.25) is 5.02 Å². The van der Waals surface area contributed by atoms with Gasteiger partial charge in [-0.25, -0.2) is 0 Å². The molecule has 0 aromatic heterocycles. The van der Waals surface area contributed by atoms with Crippen molar-refractivity contribution in [3.63, 3.8) is 0 Å². The molecule has 12 nitrogen and oxygen atoms in total. The number of aliphatic hydroxyl groups is 2. The largest absolute Gasteiger partial charge is 0.468 e. The fourth-order valence-electron chi connectivity index (χ4n) is 9.15. The van der Waals surface area contributed by atoms with Gasteiger partial charge in [0, 0.05) is 45.0 Å². The van der Waals surface area contributed by atoms with Crippen LogP contribution in [0.3, 0.4) is 0 Å². The Bertz CT molecular complexity index is 1580. The smallest absolute Gasteiger partial charge is 0.323 e. The Morgan fingerprint density at radius 3 is 2.60 bits per heavy atom. The third-order valence-electron chi connectivity index (χ3n) is 11.9. The molecule has 2 fully saturated rings. The van der Waals surface area contributed by atoms with Gasteiger partial charge in [-0.05, 0) is 62.5 Å². The number of benzene rings is 1. The Hall–Kier alpha value is -3.00. The van der Waals surface area contributed by atoms with Crippen molar-refractivity contribution >= 4 is 35.2 Å². The highest BCUT2D eigenvalue weighted by molar-refractivity contribution is 6.33. The molecule has 2 aliphatic carbocycles. The number of esters is 3. The number of methoxy groups -OCH3 is 1. The average Bonchev–Trinajstić information content (AvgIpc) is 3.41. The van der Waals surface area contributed by atoms with E-state index in [1.807, 2.05) is 26.8 Å². The normalized spacial score (nSPS) is 37.4. The Morgan fingerprint density at radius 2 is 1.90 bits per heavy atom. The van der Waals surface area contributed by atoms with Crippen molar-refractivity contribution in [3.8, 4) is 0 Å². The number of para-hydroxylation sites is 1. The number of hydroxylamine groups is 1. The molecule has 50 heavy (non-hydrogen) atoms. The number of fused-ring (bicyclic) bond motifs is 4. The van der Waals surface area contributed by atoms with E-state index in [4.69, 9.17) is 30.6 Å². The highest BCUT2D eigenvalue weighted by Crippen LogP contribution is 2.53. The van der Waals surface area contributed by atoms with Crippen molar-refractivity contribution in [1.82, 2.24) is 10.2 Å². The van der Waals surface area contributed by atoms with Crippen molar-refractivity contribution in [2.24, 2.45) is 23.7 Å². The summed E-state index contributed by atoms with van der Waals surface area (Å²) in [5, 5.41) is 29.7. The van der Waals surface area contributed by atoms with E-state index < -0.39 is 53.5 Å². The molecule has 6 rings (SSSR count). The maximum atomic E-state index is 14.1. The predicted octanol–water partition coefficient (Wildman–Crippen LogP) is 3.62. The zero-order chi connectivity index (χ0) is 36.3. The van der Waals surface area contributed by atoms with Crippen LogP contribution in [-0.2, 0) is 39.0 Å². The molecule has 1 saturated carbocycles. The second-order valence-corrected chi connectivity index (χ2v) is 15.5. The summed E-state index contributed by atoms with van der Waals surface area (Å²) in [6.45, 7) is 10.4. The number of rotatable bonds is 7. The lowest BCUT2D eigenvalue weighted by Gasteiger charge is -2.56. The summed E-state index contributed by atoms with van der Waals surface area (Å²) in [4.78, 5) is 47.4. The lowest BCUT2D eigenvalue weighted by Crippen LogP contribution is -2.66. The molecule has 1 saturated heterocycles. The van der Waals surface area contributed by atoms with Crippen molar-refractivity contribution in [1.29, 1.82) is 0 Å². The first kappa shape index (κ1) is 36.8. The monoisotopic (exact) mass is 715 g/mol. The molecule has 3 aliphatic heterocycles. The standard InChI is InChI=1S/C37H50ClN3O9/c1-19-13-14-41(29(15-19)34(44)47-7)18-21(3)24-12-11-22(4)37(46)26(24)16-20(2)31(48-23(5)42)32(37)49-33(43)28-17-36(45)25-9-8-10-27(38)30(25)40(6)50-35(36)39-28/h8-10,13,16,21-22,24,26,28-29,31-32,35,39,45-46H,11-12,14-15,17-18H2,1-7H3/t21?,22-,24+,26-,28+,29+,31-,32+,35-,36-,37-/m1/s1. The van der Waals surface area contributed by atoms with Crippen LogP contribution in [0.15, 0.2) is 41.5 Å². The third kappa shape index (κ3) is 6.26. The molecule has 0 radical (unpaired) electrons. The highest BCUT2D eigenvalue weighted by atomic mass is 35.5. The molecule has 0 amide bonds. The summed E-state index contributed by atoms with van der Waals surface area (Å²) in [6.07, 6.45) is 2.92. The van der Waals surface area contributed by atoms with Crippen LogP contribution in [0.25, 0.3) is 0 Å². The summed E-state index contributed by atoms with van der Waals surface area (Å²) >= 11 is 6.46. The van der Waals surface area contributed by atoms with Crippen molar-refractivity contribution in [3.05, 3.63) is 52.1 Å². The number of nitrogens with one attached hydrogen (secondary N) is 1. The van der Waals surface area contributed by atoms with Crippen molar-refractivity contribution in [2.75, 3.05) is 32.3 Å². The molecule has 3 N–H and O–H groups in total. The summed E-state index contributed by atoms with van der Waals surface area (Å²) < 4.78 is 17.2. The molecular formula is C37H50ClN3O9. The van der Waals surface area contributed by atoms with Crippen LogP contribution in [0.4, 0.5) is 5.69 Å². The molecule has 0 spiro atoms. The zero-order valence-electron chi connectivity index (χ0n) is 29.9. The van der Waals surface area contributed by atoms with E-state index in [9.17, 15) is 24.6 Å². The summed E-state index contributed by atoms with van der Waals surface area (Å²) in [6, 6.07) is 3.79. The minimum Gasteiger partial charge on any atom is -0.468 e. The number of halogens is 1. The lowest BCUT2D eigenvalue weighted by atomic mass is 9.55. The summed E-state index contributed by atoms with van der Waals surface area (Å²) in [5.74, 6) is -2.27. The second kappa shape index (κ2) is 13.9. The number of hydrogen-bond acceptors (Lipinski definition) is 12. The molecule has 3 heterocycles. The third-order valence-corrected chi connectivity index (χ3v) is 12.2. The van der Waals surface area contributed by atoms with Crippen LogP contribution >= 0.6 is 11.6 Å². The number of carbonyl (C=O) groups is 3. The van der Waals surface area contributed by atoms with E-state index in [0.717, 1.165) is 12.0 Å². The van der Waals surface area contributed by atoms with E-state index in [1.54, 1.807) is 25.2 Å². The molecule has 1 unspecified atom stereocenters. The maximum absolute atomic E-state index is 14.1. The van der Waals surface area contributed by atoms with Crippen LogP contribution < -0.4 is 10.4 Å². The maximum Gasteiger partial charge on any atom is 0.323 e. The first-order chi connectivity index (χ1) is 23.6. The number of ether oxygens (including phenoxy) is 3. The molecule has 5 aliphatic rings. The molecule has 1 aromatic rings. The van der Waals surface area contributed by atoms with Gasteiger partial charge in [-0.2, -0.15) is 0 Å². The van der Waals surface area contributed by atoms with E-state index in [1.165, 1.54) is 19.1 Å². The highest BCUT2D eigenvalue weighted by Gasteiger charge is 2.62. The number of carbonyl (C=O) groups excluding carboxylic acids is 3. The predicted molar refractivity (Wildman–Crippen MR) is 185 cm³/mol. The fourth-order valence-corrected chi connectivity index (χ4v) is 9.45. The van der Waals surface area contributed by atoms with Crippen LogP contribution in [0.1, 0.15) is 65.9 Å². The summed E-state index contributed by atoms with van der Waals surface area (Å²) in [7, 11) is 3.08. The Kier molecular flexibility index (Phi) is 10.2. The van der Waals surface area contributed by atoms with E-state index in [0.29, 0.717) is 47.8 Å². The minimum atomic E-state index is -1.59. The topological polar surface area (TPSA) is 147 Å². The van der Waals surface area contributed by atoms with E-state index in [-0.39, 0.29) is 36.2 Å². The summed E-state index contributed by atoms with van der Waals surface area (Å²) in [5.41, 5.74) is -0.308. The molecular weight excluding hydrogens is 666 g/mol. The first-order valence-corrected chi connectivity index (χ1v) is 17.9. The zero-order valence-corrected chi connectivity index (χ0v) is 30.6. The van der Waals surface area contributed by atoms with Gasteiger partial charge in [0.1, 0.15) is 23.3 Å². The number of anilines is 1. The molecule has 0 bridgehead atoms. The number of hydrogen-bond donors (Lipinski definition) is 3. The van der Waals surface area contributed by atoms with Crippen molar-refractivity contribution < 1.29 is 43.6 Å². The van der Waals surface area contributed by atoms with Gasteiger partial charge in [0.25, 0.3) is 0 Å². The van der Waals surface area contributed by atoms with Crippen LogP contribution in [-0.4, -0.2) is 96.4 Å². The SMILES string of the molecule is COC(=O)[C@@H]1CC(C)=CCN1CC(C)[C@@H]1CC[C@@H](C)[C@@]2(O)[C@@H]1C=C(C)[C@@H](OC(C)=O)[C@@H]2OC(=O)[C@@H]1C[C@@]2(O)c3cccc(Cl)c3N(C)O[C@H]2N1. The first-order valence-electron chi connectivity index (χ1n) is 17.5. The second-order valence-electron chi connectivity index (χ2n) is 15.0. The van der Waals surface area contributed by atoms with E-state index >= 15 is 0 Å².